The Bertz CT molecular complexity index is 304. The fourth-order valence-corrected chi connectivity index (χ4v) is 0.981. The van der Waals surface area contributed by atoms with Gasteiger partial charge in [-0.2, -0.15) is 0 Å². The molecule has 0 aromatic carbocycles. The van der Waals surface area contributed by atoms with Crippen molar-refractivity contribution in [3.05, 3.63) is 17.3 Å². The zero-order chi connectivity index (χ0) is 9.84. The summed E-state index contributed by atoms with van der Waals surface area (Å²) in [6, 6.07) is 0. The van der Waals surface area contributed by atoms with E-state index in [0.29, 0.717) is 18.3 Å². The third-order valence-electron chi connectivity index (χ3n) is 1.53. The molecule has 0 spiro atoms. The highest BCUT2D eigenvalue weighted by Crippen LogP contribution is 2.09. The van der Waals surface area contributed by atoms with Crippen LogP contribution in [-0.2, 0) is 4.74 Å². The van der Waals surface area contributed by atoms with E-state index in [9.17, 15) is 4.79 Å². The third-order valence-corrected chi connectivity index (χ3v) is 1.53. The number of carbonyl (C=O) groups excluding carboxylic acids is 1. The van der Waals surface area contributed by atoms with Crippen LogP contribution in [0.15, 0.2) is 4.42 Å². The Hall–Kier alpha value is -1.32. The molecule has 0 radical (unpaired) electrons. The Balaban J connectivity index is 2.70. The molecule has 0 aliphatic rings. The first kappa shape index (κ1) is 9.77. The van der Waals surface area contributed by atoms with E-state index in [1.807, 2.05) is 6.92 Å². The summed E-state index contributed by atoms with van der Waals surface area (Å²) in [5, 5.41) is 0. The van der Waals surface area contributed by atoms with Crippen LogP contribution in [-0.4, -0.2) is 17.6 Å². The van der Waals surface area contributed by atoms with Gasteiger partial charge in [0, 0.05) is 6.92 Å². The van der Waals surface area contributed by atoms with E-state index in [0.717, 1.165) is 6.42 Å². The van der Waals surface area contributed by atoms with Gasteiger partial charge in [0.1, 0.15) is 5.76 Å². The van der Waals surface area contributed by atoms with Crippen LogP contribution in [0.1, 0.15) is 35.5 Å². The lowest BCUT2D eigenvalue weighted by atomic mass is 10.4. The highest BCUT2D eigenvalue weighted by atomic mass is 16.5. The molecule has 0 N–H and O–H groups in total. The molecule has 0 bridgehead atoms. The molecule has 4 nitrogen and oxygen atoms in total. The van der Waals surface area contributed by atoms with Crippen molar-refractivity contribution >= 4 is 5.97 Å². The summed E-state index contributed by atoms with van der Waals surface area (Å²) in [6.45, 7) is 5.75. The number of carbonyl (C=O) groups is 1. The molecule has 0 fully saturated rings. The quantitative estimate of drug-likeness (QED) is 0.671. The SMILES string of the molecule is CCCOC(=O)c1nc(C)oc1C. The summed E-state index contributed by atoms with van der Waals surface area (Å²) in [4.78, 5) is 15.2. The normalized spacial score (nSPS) is 10.1. The van der Waals surface area contributed by atoms with Crippen molar-refractivity contribution < 1.29 is 13.9 Å². The van der Waals surface area contributed by atoms with Gasteiger partial charge >= 0.3 is 5.97 Å². The smallest absolute Gasteiger partial charge is 0.360 e. The minimum absolute atomic E-state index is 0.283. The number of rotatable bonds is 3. The summed E-state index contributed by atoms with van der Waals surface area (Å²) in [5.41, 5.74) is 0.283. The van der Waals surface area contributed by atoms with Gasteiger partial charge in [0.05, 0.1) is 6.61 Å². The van der Waals surface area contributed by atoms with Crippen molar-refractivity contribution in [2.75, 3.05) is 6.61 Å². The maximum absolute atomic E-state index is 11.3. The van der Waals surface area contributed by atoms with Crippen LogP contribution in [0.25, 0.3) is 0 Å². The van der Waals surface area contributed by atoms with Crippen molar-refractivity contribution in [1.82, 2.24) is 4.98 Å². The van der Waals surface area contributed by atoms with Crippen LogP contribution in [0.3, 0.4) is 0 Å². The molecule has 0 atom stereocenters. The molecule has 1 heterocycles. The van der Waals surface area contributed by atoms with Crippen LogP contribution in [0.2, 0.25) is 0 Å². The third kappa shape index (κ3) is 2.31. The molecule has 1 aromatic heterocycles. The fourth-order valence-electron chi connectivity index (χ4n) is 0.981. The maximum atomic E-state index is 11.3. The van der Waals surface area contributed by atoms with Crippen molar-refractivity contribution in [3.63, 3.8) is 0 Å². The van der Waals surface area contributed by atoms with Crippen LogP contribution in [0.4, 0.5) is 0 Å². The van der Waals surface area contributed by atoms with Gasteiger partial charge in [0.15, 0.2) is 11.6 Å². The molecule has 1 rings (SSSR count). The molecule has 1 aromatic rings. The average molecular weight is 183 g/mol. The van der Waals surface area contributed by atoms with Crippen molar-refractivity contribution in [3.8, 4) is 0 Å². The number of hydrogen-bond acceptors (Lipinski definition) is 4. The zero-order valence-corrected chi connectivity index (χ0v) is 8.09. The van der Waals surface area contributed by atoms with Crippen LogP contribution in [0, 0.1) is 13.8 Å². The monoisotopic (exact) mass is 183 g/mol. The number of aromatic nitrogens is 1. The fraction of sp³-hybridized carbons (Fsp3) is 0.556. The Kier molecular flexibility index (Phi) is 3.06. The standard InChI is InChI=1S/C9H13NO3/c1-4-5-12-9(11)8-6(2)13-7(3)10-8/h4-5H2,1-3H3. The maximum Gasteiger partial charge on any atom is 0.360 e. The zero-order valence-electron chi connectivity index (χ0n) is 8.09. The molecule has 13 heavy (non-hydrogen) atoms. The highest BCUT2D eigenvalue weighted by Gasteiger charge is 2.16. The molecule has 0 saturated heterocycles. The number of esters is 1. The Morgan fingerprint density at radius 3 is 2.69 bits per heavy atom. The van der Waals surface area contributed by atoms with Gasteiger partial charge in [0.25, 0.3) is 0 Å². The van der Waals surface area contributed by atoms with Gasteiger partial charge < -0.3 is 9.15 Å². The topological polar surface area (TPSA) is 52.3 Å². The molecule has 72 valence electrons. The van der Waals surface area contributed by atoms with Gasteiger partial charge in [-0.15, -0.1) is 0 Å². The summed E-state index contributed by atoms with van der Waals surface area (Å²) >= 11 is 0. The van der Waals surface area contributed by atoms with Gasteiger partial charge in [-0.05, 0) is 13.3 Å². The minimum Gasteiger partial charge on any atom is -0.461 e. The molecular formula is C9H13NO3. The number of ether oxygens (including phenoxy) is 1. The van der Waals surface area contributed by atoms with E-state index < -0.39 is 5.97 Å². The van der Waals surface area contributed by atoms with E-state index in [-0.39, 0.29) is 5.69 Å². The molecule has 0 amide bonds. The lowest BCUT2D eigenvalue weighted by Gasteiger charge is -1.98. The van der Waals surface area contributed by atoms with E-state index >= 15 is 0 Å². The Labute approximate surface area is 76.9 Å². The summed E-state index contributed by atoms with van der Waals surface area (Å²) < 4.78 is 10.0. The second kappa shape index (κ2) is 4.07. The Morgan fingerprint density at radius 1 is 1.54 bits per heavy atom. The summed E-state index contributed by atoms with van der Waals surface area (Å²) in [5.74, 6) is 0.593. The van der Waals surface area contributed by atoms with E-state index in [1.54, 1.807) is 13.8 Å². The molecule has 0 aliphatic heterocycles. The largest absolute Gasteiger partial charge is 0.461 e. The van der Waals surface area contributed by atoms with Gasteiger partial charge in [-0.1, -0.05) is 6.92 Å². The average Bonchev–Trinajstić information content (AvgIpc) is 2.41. The van der Waals surface area contributed by atoms with Crippen molar-refractivity contribution in [2.45, 2.75) is 27.2 Å². The predicted molar refractivity (Wildman–Crippen MR) is 46.6 cm³/mol. The molecular weight excluding hydrogens is 170 g/mol. The molecule has 4 heteroatoms. The summed E-state index contributed by atoms with van der Waals surface area (Å²) in [6.07, 6.45) is 0.807. The number of aryl methyl sites for hydroxylation is 2. The van der Waals surface area contributed by atoms with Crippen molar-refractivity contribution in [1.29, 1.82) is 0 Å². The van der Waals surface area contributed by atoms with Crippen LogP contribution in [0.5, 0.6) is 0 Å². The first-order valence-corrected chi connectivity index (χ1v) is 4.26. The minimum atomic E-state index is -0.406. The van der Waals surface area contributed by atoms with Crippen LogP contribution >= 0.6 is 0 Å². The lowest BCUT2D eigenvalue weighted by Crippen LogP contribution is -2.07. The molecule has 0 saturated carbocycles. The predicted octanol–water partition coefficient (Wildman–Crippen LogP) is 1.86. The first-order chi connectivity index (χ1) is 6.15. The van der Waals surface area contributed by atoms with Gasteiger partial charge in [-0.3, -0.25) is 0 Å². The van der Waals surface area contributed by atoms with E-state index in [2.05, 4.69) is 4.98 Å². The van der Waals surface area contributed by atoms with Crippen molar-refractivity contribution in [2.24, 2.45) is 0 Å². The van der Waals surface area contributed by atoms with Crippen LogP contribution < -0.4 is 0 Å². The Morgan fingerprint density at radius 2 is 2.23 bits per heavy atom. The second-order valence-electron chi connectivity index (χ2n) is 2.77. The van der Waals surface area contributed by atoms with Gasteiger partial charge in [0.2, 0.25) is 0 Å². The highest BCUT2D eigenvalue weighted by molar-refractivity contribution is 5.88. The van der Waals surface area contributed by atoms with E-state index in [4.69, 9.17) is 9.15 Å². The second-order valence-corrected chi connectivity index (χ2v) is 2.77. The number of oxazole rings is 1. The van der Waals surface area contributed by atoms with E-state index in [1.165, 1.54) is 0 Å². The lowest BCUT2D eigenvalue weighted by molar-refractivity contribution is 0.0497. The molecule has 0 unspecified atom stereocenters. The molecule has 0 aliphatic carbocycles. The first-order valence-electron chi connectivity index (χ1n) is 4.26. The number of hydrogen-bond donors (Lipinski definition) is 0. The van der Waals surface area contributed by atoms with Gasteiger partial charge in [-0.25, -0.2) is 9.78 Å². The summed E-state index contributed by atoms with van der Waals surface area (Å²) in [7, 11) is 0. The number of nitrogens with zero attached hydrogens (tertiary/aromatic N) is 1.